The fraction of sp³-hybridized carbons (Fsp3) is 0.0909. The lowest BCUT2D eigenvalue weighted by Gasteiger charge is -2.26. The molecule has 1 amide bonds. The Bertz CT molecular complexity index is 1150. The average molecular weight is 444 g/mol. The highest BCUT2D eigenvalue weighted by Gasteiger charge is 2.47. The quantitative estimate of drug-likeness (QED) is 0.307. The number of anilines is 1. The summed E-state index contributed by atoms with van der Waals surface area (Å²) >= 11 is 13.7. The van der Waals surface area contributed by atoms with Crippen molar-refractivity contribution in [2.24, 2.45) is 0 Å². The Morgan fingerprint density at radius 1 is 1.07 bits per heavy atom. The van der Waals surface area contributed by atoms with Crippen molar-refractivity contribution in [1.82, 2.24) is 0 Å². The molecule has 146 valence electrons. The summed E-state index contributed by atoms with van der Waals surface area (Å²) in [5, 5.41) is 13.8. The number of benzene rings is 2. The fourth-order valence-corrected chi connectivity index (χ4v) is 4.63. The smallest absolute Gasteiger partial charge is 0.300 e. The molecule has 1 N–H and O–H groups in total. The monoisotopic (exact) mass is 443 g/mol. The molecule has 7 heteroatoms. The molecule has 0 spiro atoms. The van der Waals surface area contributed by atoms with E-state index in [1.165, 1.54) is 16.2 Å². The van der Waals surface area contributed by atoms with Crippen molar-refractivity contribution in [3.05, 3.63) is 91.6 Å². The SMILES string of the molecule is Cc1c(Cl)cccc1N1C(=O)C(=O)/C(=C(\O)c2cccc(Cl)c2)C1c1cccs1. The first kappa shape index (κ1) is 19.7. The third-order valence-corrected chi connectivity index (χ3v) is 6.42. The van der Waals surface area contributed by atoms with Crippen LogP contribution in [0.3, 0.4) is 0 Å². The number of Topliss-reactive ketones (excluding diaryl/α,β-unsaturated/α-hetero) is 1. The van der Waals surface area contributed by atoms with Crippen LogP contribution >= 0.6 is 34.5 Å². The zero-order valence-electron chi connectivity index (χ0n) is 15.2. The number of aliphatic hydroxyl groups is 1. The van der Waals surface area contributed by atoms with Crippen LogP contribution in [0.4, 0.5) is 5.69 Å². The third kappa shape index (κ3) is 3.35. The van der Waals surface area contributed by atoms with E-state index in [4.69, 9.17) is 23.2 Å². The number of carbonyl (C=O) groups is 2. The molecule has 0 saturated carbocycles. The molecule has 1 atom stereocenters. The fourth-order valence-electron chi connectivity index (χ4n) is 3.45. The van der Waals surface area contributed by atoms with E-state index in [0.29, 0.717) is 26.9 Å². The van der Waals surface area contributed by atoms with Crippen molar-refractivity contribution in [3.8, 4) is 0 Å². The summed E-state index contributed by atoms with van der Waals surface area (Å²) in [6.45, 7) is 1.79. The van der Waals surface area contributed by atoms with Crippen LogP contribution in [0.15, 0.2) is 65.6 Å². The molecule has 1 unspecified atom stereocenters. The molecule has 1 aromatic heterocycles. The third-order valence-electron chi connectivity index (χ3n) is 4.85. The van der Waals surface area contributed by atoms with Gasteiger partial charge < -0.3 is 5.11 Å². The Balaban J connectivity index is 1.97. The van der Waals surface area contributed by atoms with E-state index in [2.05, 4.69) is 0 Å². The summed E-state index contributed by atoms with van der Waals surface area (Å²) in [6.07, 6.45) is 0. The molecule has 2 aromatic carbocycles. The predicted octanol–water partition coefficient (Wildman–Crippen LogP) is 5.99. The second-order valence-corrected chi connectivity index (χ2v) is 8.40. The molecule has 2 heterocycles. The highest BCUT2D eigenvalue weighted by atomic mass is 35.5. The van der Waals surface area contributed by atoms with E-state index in [0.717, 1.165) is 4.88 Å². The van der Waals surface area contributed by atoms with Crippen molar-refractivity contribution in [2.45, 2.75) is 13.0 Å². The minimum Gasteiger partial charge on any atom is -0.507 e. The molecular weight excluding hydrogens is 429 g/mol. The number of hydrogen-bond acceptors (Lipinski definition) is 4. The lowest BCUT2D eigenvalue weighted by atomic mass is 9.99. The maximum absolute atomic E-state index is 13.1. The first-order valence-corrected chi connectivity index (χ1v) is 10.4. The molecule has 4 rings (SSSR count). The Labute approximate surface area is 181 Å². The van der Waals surface area contributed by atoms with Crippen molar-refractivity contribution in [3.63, 3.8) is 0 Å². The maximum atomic E-state index is 13.1. The Morgan fingerprint density at radius 3 is 2.52 bits per heavy atom. The molecular formula is C22H15Cl2NO3S. The van der Waals surface area contributed by atoms with Gasteiger partial charge in [0.05, 0.1) is 5.57 Å². The molecule has 0 radical (unpaired) electrons. The summed E-state index contributed by atoms with van der Waals surface area (Å²) in [6, 6.07) is 14.7. The summed E-state index contributed by atoms with van der Waals surface area (Å²) in [5.74, 6) is -1.72. The van der Waals surface area contributed by atoms with Gasteiger partial charge in [-0.2, -0.15) is 0 Å². The van der Waals surface area contributed by atoms with Crippen LogP contribution in [0.2, 0.25) is 10.0 Å². The van der Waals surface area contributed by atoms with Crippen molar-refractivity contribution in [2.75, 3.05) is 4.90 Å². The lowest BCUT2D eigenvalue weighted by molar-refractivity contribution is -0.132. The van der Waals surface area contributed by atoms with Gasteiger partial charge in [-0.3, -0.25) is 14.5 Å². The topological polar surface area (TPSA) is 57.6 Å². The number of aliphatic hydroxyl groups excluding tert-OH is 1. The van der Waals surface area contributed by atoms with Gasteiger partial charge in [0.25, 0.3) is 11.7 Å². The molecule has 1 saturated heterocycles. The van der Waals surface area contributed by atoms with E-state index in [-0.39, 0.29) is 11.3 Å². The maximum Gasteiger partial charge on any atom is 0.300 e. The van der Waals surface area contributed by atoms with E-state index in [9.17, 15) is 14.7 Å². The molecule has 1 aliphatic heterocycles. The van der Waals surface area contributed by atoms with Crippen LogP contribution in [0.25, 0.3) is 5.76 Å². The second-order valence-electron chi connectivity index (χ2n) is 6.58. The zero-order chi connectivity index (χ0) is 20.7. The number of thiophene rings is 1. The van der Waals surface area contributed by atoms with Gasteiger partial charge in [-0.15, -0.1) is 11.3 Å². The number of nitrogens with zero attached hydrogens (tertiary/aromatic N) is 1. The lowest BCUT2D eigenvalue weighted by Crippen LogP contribution is -2.29. The van der Waals surface area contributed by atoms with Crippen LogP contribution < -0.4 is 4.90 Å². The average Bonchev–Trinajstić information content (AvgIpc) is 3.31. The van der Waals surface area contributed by atoms with Crippen LogP contribution in [-0.2, 0) is 9.59 Å². The summed E-state index contributed by atoms with van der Waals surface area (Å²) in [7, 11) is 0. The normalized spacial score (nSPS) is 18.4. The van der Waals surface area contributed by atoms with Crippen LogP contribution in [0.5, 0.6) is 0 Å². The van der Waals surface area contributed by atoms with E-state index in [1.807, 2.05) is 17.5 Å². The van der Waals surface area contributed by atoms with Gasteiger partial charge in [0.1, 0.15) is 11.8 Å². The number of hydrogen-bond donors (Lipinski definition) is 1. The Kier molecular flexibility index (Phi) is 5.21. The summed E-state index contributed by atoms with van der Waals surface area (Å²) in [5.41, 5.74) is 1.61. The number of rotatable bonds is 3. The largest absolute Gasteiger partial charge is 0.507 e. The minimum absolute atomic E-state index is 0.0269. The van der Waals surface area contributed by atoms with Gasteiger partial charge in [-0.05, 0) is 48.2 Å². The number of carbonyl (C=O) groups excluding carboxylic acids is 2. The summed E-state index contributed by atoms with van der Waals surface area (Å²) in [4.78, 5) is 28.2. The molecule has 1 fully saturated rings. The number of halogens is 2. The molecule has 1 aliphatic rings. The highest BCUT2D eigenvalue weighted by Crippen LogP contribution is 2.45. The Morgan fingerprint density at radius 2 is 1.83 bits per heavy atom. The highest BCUT2D eigenvalue weighted by molar-refractivity contribution is 7.10. The van der Waals surface area contributed by atoms with E-state index < -0.39 is 17.7 Å². The summed E-state index contributed by atoms with van der Waals surface area (Å²) < 4.78 is 0. The van der Waals surface area contributed by atoms with Gasteiger partial charge in [-0.1, -0.05) is 47.5 Å². The van der Waals surface area contributed by atoms with Crippen LogP contribution in [0, 0.1) is 6.92 Å². The molecule has 4 nitrogen and oxygen atoms in total. The number of amides is 1. The second kappa shape index (κ2) is 7.67. The van der Waals surface area contributed by atoms with Crippen molar-refractivity contribution < 1.29 is 14.7 Å². The van der Waals surface area contributed by atoms with Gasteiger partial charge in [0, 0.05) is 26.2 Å². The number of ketones is 1. The molecule has 29 heavy (non-hydrogen) atoms. The van der Waals surface area contributed by atoms with Gasteiger partial charge in [0.2, 0.25) is 0 Å². The van der Waals surface area contributed by atoms with Gasteiger partial charge in [0.15, 0.2) is 0 Å². The van der Waals surface area contributed by atoms with Crippen molar-refractivity contribution in [1.29, 1.82) is 0 Å². The van der Waals surface area contributed by atoms with Gasteiger partial charge >= 0.3 is 0 Å². The first-order chi connectivity index (χ1) is 13.9. The minimum atomic E-state index is -0.758. The zero-order valence-corrected chi connectivity index (χ0v) is 17.6. The Hall–Kier alpha value is -2.60. The standard InChI is InChI=1S/C22H15Cl2NO3S/c1-12-15(24)7-3-8-16(12)25-19(17-9-4-10-29-17)18(21(27)22(25)28)20(26)13-5-2-6-14(23)11-13/h2-11,19,26H,1H3/b20-18-. The van der Waals surface area contributed by atoms with E-state index >= 15 is 0 Å². The predicted molar refractivity (Wildman–Crippen MR) is 117 cm³/mol. The first-order valence-electron chi connectivity index (χ1n) is 8.75. The van der Waals surface area contributed by atoms with Gasteiger partial charge in [-0.25, -0.2) is 0 Å². The molecule has 3 aromatic rings. The van der Waals surface area contributed by atoms with Crippen LogP contribution in [0.1, 0.15) is 22.0 Å². The molecule has 0 bridgehead atoms. The van der Waals surface area contributed by atoms with E-state index in [1.54, 1.807) is 49.4 Å². The van der Waals surface area contributed by atoms with Crippen LogP contribution in [-0.4, -0.2) is 16.8 Å². The molecule has 0 aliphatic carbocycles. The van der Waals surface area contributed by atoms with Crippen molar-refractivity contribution >= 4 is 57.7 Å².